The fourth-order valence-corrected chi connectivity index (χ4v) is 6.63. The second kappa shape index (κ2) is 13.2. The first-order chi connectivity index (χ1) is 17.3. The number of carboxylic acids is 1. The highest BCUT2D eigenvalue weighted by atomic mass is 31.2. The van der Waals surface area contributed by atoms with Crippen molar-refractivity contribution in [3.05, 3.63) is 71.8 Å². The van der Waals surface area contributed by atoms with E-state index in [0.29, 0.717) is 25.8 Å². The second-order valence-electron chi connectivity index (χ2n) is 8.75. The molecule has 3 rings (SSSR count). The molecule has 1 heterocycles. The Morgan fingerprint density at radius 2 is 1.72 bits per heavy atom. The molecule has 36 heavy (non-hydrogen) atoms. The summed E-state index contributed by atoms with van der Waals surface area (Å²) >= 11 is 0. The number of likely N-dealkylation sites (tertiary alicyclic amines) is 1. The lowest BCUT2D eigenvalue weighted by atomic mass is 10.1. The van der Waals surface area contributed by atoms with Crippen LogP contribution in [-0.4, -0.2) is 65.5 Å². The molecule has 10 heteroatoms. The van der Waals surface area contributed by atoms with Crippen LogP contribution in [0.2, 0.25) is 0 Å². The maximum absolute atomic E-state index is 13.8. The molecule has 2 amide bonds. The Morgan fingerprint density at radius 3 is 2.33 bits per heavy atom. The molecular weight excluding hydrogens is 483 g/mol. The Balaban J connectivity index is 1.72. The molecule has 3 atom stereocenters. The number of hydrogen-bond acceptors (Lipinski definition) is 6. The molecule has 1 aliphatic rings. The summed E-state index contributed by atoms with van der Waals surface area (Å²) in [5, 5.41) is 12.2. The molecule has 0 aliphatic carbocycles. The summed E-state index contributed by atoms with van der Waals surface area (Å²) in [6.45, 7) is 2.18. The summed E-state index contributed by atoms with van der Waals surface area (Å²) in [6.07, 6.45) is 0.121. The molecule has 2 N–H and O–H groups in total. The van der Waals surface area contributed by atoms with Gasteiger partial charge in [-0.2, -0.15) is 0 Å². The van der Waals surface area contributed by atoms with E-state index in [1.807, 2.05) is 60.7 Å². The van der Waals surface area contributed by atoms with Gasteiger partial charge in [-0.15, -0.1) is 0 Å². The summed E-state index contributed by atoms with van der Waals surface area (Å²) < 4.78 is 24.8. The maximum Gasteiger partial charge on any atom is 0.407 e. The highest BCUT2D eigenvalue weighted by Gasteiger charge is 2.38. The number of aliphatic carboxylic acids is 1. The Kier molecular flexibility index (Phi) is 10.1. The number of nitrogens with zero attached hydrogens (tertiary/aromatic N) is 1. The first kappa shape index (κ1) is 27.4. The van der Waals surface area contributed by atoms with E-state index in [2.05, 4.69) is 5.32 Å². The lowest BCUT2D eigenvalue weighted by Crippen LogP contribution is -2.43. The van der Waals surface area contributed by atoms with Crippen LogP contribution >= 0.6 is 7.37 Å². The number of benzene rings is 2. The Bertz CT molecular complexity index is 1060. The summed E-state index contributed by atoms with van der Waals surface area (Å²) in [5.74, 6) is -1.58. The summed E-state index contributed by atoms with van der Waals surface area (Å²) in [7, 11) is -3.57. The number of carbonyl (C=O) groups excluding carboxylic acids is 2. The first-order valence-corrected chi connectivity index (χ1v) is 14.0. The van der Waals surface area contributed by atoms with E-state index in [1.54, 1.807) is 6.92 Å². The molecule has 194 valence electrons. The second-order valence-corrected chi connectivity index (χ2v) is 11.3. The van der Waals surface area contributed by atoms with Gasteiger partial charge in [-0.05, 0) is 37.3 Å². The van der Waals surface area contributed by atoms with Gasteiger partial charge in [0.25, 0.3) is 0 Å². The van der Waals surface area contributed by atoms with Crippen molar-refractivity contribution in [2.45, 2.75) is 44.9 Å². The van der Waals surface area contributed by atoms with Gasteiger partial charge in [-0.25, -0.2) is 9.59 Å². The number of rotatable bonds is 12. The molecule has 0 radical (unpaired) electrons. The van der Waals surface area contributed by atoms with Crippen LogP contribution < -0.4 is 5.32 Å². The van der Waals surface area contributed by atoms with E-state index in [-0.39, 0.29) is 19.4 Å². The van der Waals surface area contributed by atoms with E-state index in [0.717, 1.165) is 11.1 Å². The average molecular weight is 517 g/mol. The van der Waals surface area contributed by atoms with E-state index in [4.69, 9.17) is 9.26 Å². The number of carboxylic acid groups (broad SMARTS) is 1. The normalized spacial score (nSPS) is 17.7. The molecule has 0 bridgehead atoms. The highest BCUT2D eigenvalue weighted by molar-refractivity contribution is 7.60. The van der Waals surface area contributed by atoms with E-state index in [1.165, 1.54) is 4.90 Å². The number of ether oxygens (including phenoxy) is 1. The SMILES string of the molecule is CCOP(=O)(CC(=O)N1CCC[C@H]1C(=O)O)CC(Cc1ccccc1)NC(=O)OCc1ccccc1. The van der Waals surface area contributed by atoms with Crippen LogP contribution in [-0.2, 0) is 36.4 Å². The Morgan fingerprint density at radius 1 is 1.08 bits per heavy atom. The predicted octanol–water partition coefficient (Wildman–Crippen LogP) is 3.91. The third-order valence-corrected chi connectivity index (χ3v) is 8.44. The van der Waals surface area contributed by atoms with Crippen molar-refractivity contribution in [2.24, 2.45) is 0 Å². The van der Waals surface area contributed by atoms with E-state index >= 15 is 0 Å². The van der Waals surface area contributed by atoms with Crippen molar-refractivity contribution >= 4 is 25.3 Å². The minimum atomic E-state index is -3.57. The third-order valence-electron chi connectivity index (χ3n) is 5.96. The van der Waals surface area contributed by atoms with E-state index in [9.17, 15) is 24.1 Å². The molecule has 2 aromatic carbocycles. The molecule has 2 aromatic rings. The van der Waals surface area contributed by atoms with Crippen molar-refractivity contribution < 1.29 is 33.3 Å². The van der Waals surface area contributed by atoms with Crippen LogP contribution in [0.15, 0.2) is 60.7 Å². The quantitative estimate of drug-likeness (QED) is 0.410. The van der Waals surface area contributed by atoms with Gasteiger partial charge in [0.15, 0.2) is 0 Å². The summed E-state index contributed by atoms with van der Waals surface area (Å²) in [5.41, 5.74) is 1.74. The van der Waals surface area contributed by atoms with Crippen LogP contribution in [0.25, 0.3) is 0 Å². The van der Waals surface area contributed by atoms with E-state index < -0.39 is 43.6 Å². The molecule has 1 aliphatic heterocycles. The maximum atomic E-state index is 13.8. The molecule has 1 fully saturated rings. The van der Waals surface area contributed by atoms with Gasteiger partial charge in [0, 0.05) is 18.7 Å². The number of hydrogen-bond donors (Lipinski definition) is 2. The van der Waals surface area contributed by atoms with Crippen molar-refractivity contribution in [2.75, 3.05) is 25.5 Å². The standard InChI is InChI=1S/C26H33N2O7P/c1-2-35-36(33,19-24(29)28-15-9-14-23(28)25(30)31)18-22(16-20-10-5-3-6-11-20)27-26(32)34-17-21-12-7-4-8-13-21/h3-8,10-13,22-23H,2,9,14-19H2,1H3,(H,27,32)(H,30,31)/t22?,23-,36?/m0/s1. The van der Waals surface area contributed by atoms with Gasteiger partial charge < -0.3 is 24.6 Å². The number of nitrogens with one attached hydrogen (secondary N) is 1. The minimum Gasteiger partial charge on any atom is -0.480 e. The largest absolute Gasteiger partial charge is 0.480 e. The zero-order chi connectivity index (χ0) is 26.0. The fourth-order valence-electron chi connectivity index (χ4n) is 4.34. The van der Waals surface area contributed by atoms with Crippen LogP contribution in [0.1, 0.15) is 30.9 Å². The fraction of sp³-hybridized carbons (Fsp3) is 0.423. The third kappa shape index (κ3) is 8.21. The molecule has 0 saturated carbocycles. The Labute approximate surface area is 211 Å². The lowest BCUT2D eigenvalue weighted by Gasteiger charge is -2.27. The molecule has 0 aromatic heterocycles. The first-order valence-electron chi connectivity index (χ1n) is 12.1. The van der Waals surface area contributed by atoms with Gasteiger partial charge in [0.2, 0.25) is 13.3 Å². The van der Waals surface area contributed by atoms with Crippen molar-refractivity contribution in [3.8, 4) is 0 Å². The minimum absolute atomic E-state index is 0.0812. The predicted molar refractivity (Wildman–Crippen MR) is 135 cm³/mol. The number of alkyl carbamates (subject to hydrolysis) is 1. The van der Waals surface area contributed by atoms with Crippen LogP contribution in [0.5, 0.6) is 0 Å². The zero-order valence-corrected chi connectivity index (χ0v) is 21.3. The van der Waals surface area contributed by atoms with Gasteiger partial charge in [0.05, 0.1) is 6.61 Å². The van der Waals surface area contributed by atoms with Crippen molar-refractivity contribution in [1.82, 2.24) is 10.2 Å². The zero-order valence-electron chi connectivity index (χ0n) is 20.4. The molecule has 1 saturated heterocycles. The van der Waals surface area contributed by atoms with Gasteiger partial charge in [0.1, 0.15) is 18.8 Å². The molecule has 9 nitrogen and oxygen atoms in total. The van der Waals surface area contributed by atoms with Crippen LogP contribution in [0.4, 0.5) is 4.79 Å². The van der Waals surface area contributed by atoms with Crippen LogP contribution in [0.3, 0.4) is 0 Å². The summed E-state index contributed by atoms with van der Waals surface area (Å²) in [6, 6.07) is 17.1. The number of carbonyl (C=O) groups is 3. The molecule has 2 unspecified atom stereocenters. The number of amides is 2. The highest BCUT2D eigenvalue weighted by Crippen LogP contribution is 2.48. The van der Waals surface area contributed by atoms with Crippen molar-refractivity contribution in [1.29, 1.82) is 0 Å². The van der Waals surface area contributed by atoms with Crippen LogP contribution in [0, 0.1) is 0 Å². The van der Waals surface area contributed by atoms with Gasteiger partial charge in [-0.1, -0.05) is 60.7 Å². The molecule has 0 spiro atoms. The molecular formula is C26H33N2O7P. The average Bonchev–Trinajstić information content (AvgIpc) is 3.35. The Hall–Kier alpha value is -3.16. The van der Waals surface area contributed by atoms with Gasteiger partial charge >= 0.3 is 12.1 Å². The monoisotopic (exact) mass is 516 g/mol. The van der Waals surface area contributed by atoms with Crippen molar-refractivity contribution in [3.63, 3.8) is 0 Å². The lowest BCUT2D eigenvalue weighted by molar-refractivity contribution is -0.147. The topological polar surface area (TPSA) is 122 Å². The summed E-state index contributed by atoms with van der Waals surface area (Å²) in [4.78, 5) is 38.4. The van der Waals surface area contributed by atoms with Gasteiger partial charge in [-0.3, -0.25) is 9.36 Å². The smallest absolute Gasteiger partial charge is 0.407 e.